The van der Waals surface area contributed by atoms with Crippen molar-refractivity contribution in [3.63, 3.8) is 0 Å². The molecule has 0 N–H and O–H groups in total. The van der Waals surface area contributed by atoms with Crippen LogP contribution in [0.2, 0.25) is 0 Å². The van der Waals surface area contributed by atoms with E-state index in [9.17, 15) is 8.42 Å². The molecular formula is C20H19N5O4S2. The zero-order valence-electron chi connectivity index (χ0n) is 16.8. The molecule has 1 aromatic heterocycles. The van der Waals surface area contributed by atoms with Crippen LogP contribution in [0.25, 0.3) is 11.4 Å². The van der Waals surface area contributed by atoms with Gasteiger partial charge in [-0.25, -0.2) is 12.7 Å². The minimum Gasteiger partial charge on any atom is -0.486 e. The maximum Gasteiger partial charge on any atom is 0.242 e. The molecule has 9 nitrogen and oxygen atoms in total. The fourth-order valence-electron chi connectivity index (χ4n) is 3.28. The van der Waals surface area contributed by atoms with Gasteiger partial charge < -0.3 is 9.47 Å². The third-order valence-electron chi connectivity index (χ3n) is 4.92. The van der Waals surface area contributed by atoms with Gasteiger partial charge >= 0.3 is 0 Å². The van der Waals surface area contributed by atoms with E-state index >= 15 is 0 Å². The molecule has 0 saturated heterocycles. The number of aromatic nitrogens is 3. The van der Waals surface area contributed by atoms with E-state index in [-0.39, 0.29) is 4.90 Å². The highest BCUT2D eigenvalue weighted by atomic mass is 32.2. The highest BCUT2D eigenvalue weighted by Gasteiger charge is 2.24. The molecule has 0 amide bonds. The van der Waals surface area contributed by atoms with Crippen molar-refractivity contribution in [2.45, 2.75) is 10.1 Å². The lowest BCUT2D eigenvalue weighted by molar-refractivity contribution is 0.171. The molecule has 31 heavy (non-hydrogen) atoms. The molecule has 5 rings (SSSR count). The monoisotopic (exact) mass is 457 g/mol. The minimum atomic E-state index is -3.57. The first kappa shape index (κ1) is 20.0. The molecule has 0 unspecified atom stereocenters. The van der Waals surface area contributed by atoms with Gasteiger partial charge in [-0.05, 0) is 30.3 Å². The van der Waals surface area contributed by atoms with Crippen LogP contribution < -0.4 is 9.47 Å². The Hall–Kier alpha value is -2.89. The Balaban J connectivity index is 1.55. The second-order valence-corrected chi connectivity index (χ2v) is 10.2. The Labute approximate surface area is 183 Å². The lowest BCUT2D eigenvalue weighted by Crippen LogP contribution is -2.22. The highest BCUT2D eigenvalue weighted by molar-refractivity contribution is 7.99. The van der Waals surface area contributed by atoms with Crippen molar-refractivity contribution in [2.24, 2.45) is 5.10 Å². The van der Waals surface area contributed by atoms with Crippen LogP contribution in [0.3, 0.4) is 0 Å². The van der Waals surface area contributed by atoms with Crippen LogP contribution in [-0.2, 0) is 10.0 Å². The minimum absolute atomic E-state index is 0.187. The number of benzene rings is 2. The van der Waals surface area contributed by atoms with Crippen molar-refractivity contribution in [2.75, 3.05) is 33.1 Å². The number of ether oxygens (including phenoxy) is 2. The molecule has 0 spiro atoms. The number of sulfonamides is 1. The van der Waals surface area contributed by atoms with Crippen LogP contribution in [-0.4, -0.2) is 66.4 Å². The topological polar surface area (TPSA) is 98.9 Å². The van der Waals surface area contributed by atoms with Crippen molar-refractivity contribution in [1.82, 2.24) is 19.2 Å². The van der Waals surface area contributed by atoms with Gasteiger partial charge in [0.1, 0.15) is 13.2 Å². The van der Waals surface area contributed by atoms with Crippen molar-refractivity contribution < 1.29 is 17.9 Å². The Morgan fingerprint density at radius 3 is 2.61 bits per heavy atom. The van der Waals surface area contributed by atoms with Gasteiger partial charge in [-0.1, -0.05) is 23.9 Å². The van der Waals surface area contributed by atoms with Crippen LogP contribution in [0.1, 0.15) is 5.56 Å². The number of rotatable bonds is 4. The maximum absolute atomic E-state index is 12.5. The molecule has 0 atom stereocenters. The standard InChI is InChI=1S/C20H19N5O4S2/c1-24(2)31(26,27)15-5-3-4-14(10-15)19-21-22-20-25(19)23-16(12-30-20)13-6-7-17-18(11-13)29-9-8-28-17/h3-7,10-11H,8-9,12H2,1-2H3. The van der Waals surface area contributed by atoms with Gasteiger partial charge in [0.15, 0.2) is 17.3 Å². The average Bonchev–Trinajstić information content (AvgIpc) is 3.22. The summed E-state index contributed by atoms with van der Waals surface area (Å²) in [7, 11) is -0.562. The molecule has 3 aromatic rings. The molecule has 0 bridgehead atoms. The Morgan fingerprint density at radius 1 is 1.00 bits per heavy atom. The molecule has 3 heterocycles. The second kappa shape index (κ2) is 7.66. The van der Waals surface area contributed by atoms with Gasteiger partial charge in [-0.15, -0.1) is 10.2 Å². The molecular weight excluding hydrogens is 438 g/mol. The van der Waals surface area contributed by atoms with Gasteiger partial charge in [-0.3, -0.25) is 0 Å². The van der Waals surface area contributed by atoms with E-state index in [1.807, 2.05) is 18.2 Å². The van der Waals surface area contributed by atoms with Gasteiger partial charge in [0.25, 0.3) is 0 Å². The molecule has 0 saturated carbocycles. The van der Waals surface area contributed by atoms with Crippen LogP contribution in [0, 0.1) is 0 Å². The number of hydrogen-bond acceptors (Lipinski definition) is 8. The fourth-order valence-corrected chi connectivity index (χ4v) is 5.06. The third-order valence-corrected chi connectivity index (χ3v) is 7.66. The smallest absolute Gasteiger partial charge is 0.242 e. The van der Waals surface area contributed by atoms with Gasteiger partial charge in [0.2, 0.25) is 15.2 Å². The second-order valence-electron chi connectivity index (χ2n) is 7.13. The summed E-state index contributed by atoms with van der Waals surface area (Å²) in [6.45, 7) is 1.06. The normalized spacial score (nSPS) is 15.5. The van der Waals surface area contributed by atoms with Gasteiger partial charge in [0, 0.05) is 31.0 Å². The fraction of sp³-hybridized carbons (Fsp3) is 0.250. The molecule has 11 heteroatoms. The Kier molecular flexibility index (Phi) is 4.95. The van der Waals surface area contributed by atoms with Crippen LogP contribution in [0.4, 0.5) is 0 Å². The zero-order valence-corrected chi connectivity index (χ0v) is 18.5. The molecule has 0 radical (unpaired) electrons. The van der Waals surface area contributed by atoms with Gasteiger partial charge in [-0.2, -0.15) is 9.78 Å². The van der Waals surface area contributed by atoms with Crippen molar-refractivity contribution in [3.05, 3.63) is 48.0 Å². The maximum atomic E-state index is 12.5. The molecule has 2 aliphatic rings. The molecule has 0 aliphatic carbocycles. The number of nitrogens with zero attached hydrogens (tertiary/aromatic N) is 5. The predicted octanol–water partition coefficient (Wildman–Crippen LogP) is 2.32. The van der Waals surface area contributed by atoms with Crippen molar-refractivity contribution in [1.29, 1.82) is 0 Å². The summed E-state index contributed by atoms with van der Waals surface area (Å²) in [4.78, 5) is 0.187. The number of hydrogen-bond donors (Lipinski definition) is 0. The summed E-state index contributed by atoms with van der Waals surface area (Å²) in [5.41, 5.74) is 2.38. The lowest BCUT2D eigenvalue weighted by atomic mass is 10.1. The van der Waals surface area contributed by atoms with E-state index in [2.05, 4.69) is 10.2 Å². The summed E-state index contributed by atoms with van der Waals surface area (Å²) < 4.78 is 39.2. The number of fused-ring (bicyclic) bond motifs is 2. The van der Waals surface area contributed by atoms with E-state index in [1.54, 1.807) is 28.9 Å². The van der Waals surface area contributed by atoms with Crippen LogP contribution in [0.5, 0.6) is 11.5 Å². The van der Waals surface area contributed by atoms with Crippen LogP contribution >= 0.6 is 11.8 Å². The first-order chi connectivity index (χ1) is 14.9. The summed E-state index contributed by atoms with van der Waals surface area (Å²) in [6, 6.07) is 12.4. The van der Waals surface area contributed by atoms with Crippen molar-refractivity contribution >= 4 is 27.5 Å². The quantitative estimate of drug-likeness (QED) is 0.593. The SMILES string of the molecule is CN(C)S(=O)(=O)c1cccc(-c2nnc3n2N=C(c2ccc4c(c2)OCCO4)CS3)c1. The molecule has 2 aromatic carbocycles. The molecule has 2 aliphatic heterocycles. The summed E-state index contributed by atoms with van der Waals surface area (Å²) in [5, 5.41) is 13.9. The first-order valence-electron chi connectivity index (χ1n) is 9.52. The first-order valence-corrected chi connectivity index (χ1v) is 11.9. The summed E-state index contributed by atoms with van der Waals surface area (Å²) >= 11 is 1.52. The highest BCUT2D eigenvalue weighted by Crippen LogP contribution is 2.34. The van der Waals surface area contributed by atoms with E-state index in [0.29, 0.717) is 41.3 Å². The number of thioether (sulfide) groups is 1. The summed E-state index contributed by atoms with van der Waals surface area (Å²) in [5.74, 6) is 2.54. The summed E-state index contributed by atoms with van der Waals surface area (Å²) in [6.07, 6.45) is 0. The van der Waals surface area contributed by atoms with Crippen LogP contribution in [0.15, 0.2) is 57.6 Å². The Bertz CT molecular complexity index is 1300. The lowest BCUT2D eigenvalue weighted by Gasteiger charge is -2.20. The third kappa shape index (κ3) is 3.58. The van der Waals surface area contributed by atoms with E-state index in [4.69, 9.17) is 14.6 Å². The van der Waals surface area contributed by atoms with E-state index in [1.165, 1.54) is 30.2 Å². The average molecular weight is 458 g/mol. The Morgan fingerprint density at radius 2 is 1.81 bits per heavy atom. The largest absolute Gasteiger partial charge is 0.486 e. The van der Waals surface area contributed by atoms with Gasteiger partial charge in [0.05, 0.1) is 10.6 Å². The molecule has 0 fully saturated rings. The molecule has 160 valence electrons. The van der Waals surface area contributed by atoms with E-state index in [0.717, 1.165) is 17.0 Å². The van der Waals surface area contributed by atoms with Crippen molar-refractivity contribution in [3.8, 4) is 22.9 Å². The van der Waals surface area contributed by atoms with E-state index < -0.39 is 10.0 Å². The zero-order chi connectivity index (χ0) is 21.6. The predicted molar refractivity (Wildman–Crippen MR) is 116 cm³/mol.